The third-order valence-electron chi connectivity index (χ3n) is 4.73. The summed E-state index contributed by atoms with van der Waals surface area (Å²) in [6, 6.07) is 1.70. The molecule has 8 heteroatoms. The van der Waals surface area contributed by atoms with Crippen LogP contribution in [0.15, 0.2) is 15.7 Å². The molecule has 1 aliphatic rings. The number of amides is 1. The van der Waals surface area contributed by atoms with Gasteiger partial charge in [0.2, 0.25) is 0 Å². The van der Waals surface area contributed by atoms with Crippen LogP contribution in [-0.2, 0) is 6.54 Å². The molecule has 1 saturated heterocycles. The molecular formula is C18H25N5O3. The SMILES string of the molecule is CCn1c(=O)[nH]c(=O)c2c(C(=O)N3CCCNCC3)cc(C(C)C)nc21. The molecule has 0 spiro atoms. The zero-order valence-electron chi connectivity index (χ0n) is 15.5. The van der Waals surface area contributed by atoms with E-state index in [0.29, 0.717) is 30.9 Å². The Labute approximate surface area is 151 Å². The van der Waals surface area contributed by atoms with Gasteiger partial charge in [0.05, 0.1) is 10.9 Å². The summed E-state index contributed by atoms with van der Waals surface area (Å²) in [6.45, 7) is 8.94. The van der Waals surface area contributed by atoms with Crippen LogP contribution in [0.1, 0.15) is 49.2 Å². The van der Waals surface area contributed by atoms with E-state index >= 15 is 0 Å². The first kappa shape index (κ1) is 18.3. The van der Waals surface area contributed by atoms with E-state index in [9.17, 15) is 14.4 Å². The maximum absolute atomic E-state index is 13.2. The van der Waals surface area contributed by atoms with E-state index in [-0.39, 0.29) is 22.9 Å². The lowest BCUT2D eigenvalue weighted by Gasteiger charge is -2.21. The molecule has 1 fully saturated rings. The molecule has 0 bridgehead atoms. The van der Waals surface area contributed by atoms with Gasteiger partial charge in [-0.1, -0.05) is 13.8 Å². The monoisotopic (exact) mass is 359 g/mol. The molecule has 8 nitrogen and oxygen atoms in total. The first-order chi connectivity index (χ1) is 12.4. The molecule has 1 aliphatic heterocycles. The van der Waals surface area contributed by atoms with Crippen LogP contribution in [0.4, 0.5) is 0 Å². The molecule has 2 aromatic rings. The van der Waals surface area contributed by atoms with Gasteiger partial charge in [-0.25, -0.2) is 9.78 Å². The van der Waals surface area contributed by atoms with Crippen molar-refractivity contribution < 1.29 is 4.79 Å². The van der Waals surface area contributed by atoms with Crippen LogP contribution < -0.4 is 16.6 Å². The van der Waals surface area contributed by atoms with Crippen LogP contribution in [-0.4, -0.2) is 51.5 Å². The van der Waals surface area contributed by atoms with Crippen molar-refractivity contribution >= 4 is 16.9 Å². The van der Waals surface area contributed by atoms with Gasteiger partial charge in [0.15, 0.2) is 5.65 Å². The summed E-state index contributed by atoms with van der Waals surface area (Å²) < 4.78 is 1.41. The lowest BCUT2D eigenvalue weighted by atomic mass is 10.0. The van der Waals surface area contributed by atoms with Gasteiger partial charge in [-0.2, -0.15) is 0 Å². The van der Waals surface area contributed by atoms with Gasteiger partial charge in [-0.05, 0) is 31.9 Å². The Morgan fingerprint density at radius 3 is 2.73 bits per heavy atom. The summed E-state index contributed by atoms with van der Waals surface area (Å²) in [4.78, 5) is 46.5. The van der Waals surface area contributed by atoms with Crippen molar-refractivity contribution in [3.63, 3.8) is 0 Å². The number of carbonyl (C=O) groups is 1. The maximum atomic E-state index is 13.2. The average molecular weight is 359 g/mol. The molecular weight excluding hydrogens is 334 g/mol. The highest BCUT2D eigenvalue weighted by Gasteiger charge is 2.24. The lowest BCUT2D eigenvalue weighted by molar-refractivity contribution is 0.0768. The van der Waals surface area contributed by atoms with E-state index < -0.39 is 11.2 Å². The smallest absolute Gasteiger partial charge is 0.329 e. The van der Waals surface area contributed by atoms with Gasteiger partial charge in [0.25, 0.3) is 11.5 Å². The van der Waals surface area contributed by atoms with Crippen LogP contribution in [0.3, 0.4) is 0 Å². The standard InChI is InChI=1S/C18H25N5O3/c1-4-23-15-14(16(24)21-18(23)26)12(10-13(20-15)11(2)3)17(25)22-8-5-6-19-7-9-22/h10-11,19H,4-9H2,1-3H3,(H,21,24,26). The minimum Gasteiger partial charge on any atom is -0.337 e. The minimum atomic E-state index is -0.561. The highest BCUT2D eigenvalue weighted by molar-refractivity contribution is 6.05. The molecule has 0 atom stereocenters. The van der Waals surface area contributed by atoms with Crippen LogP contribution in [0.25, 0.3) is 11.0 Å². The topological polar surface area (TPSA) is 100 Å². The number of aryl methyl sites for hydroxylation is 1. The van der Waals surface area contributed by atoms with Gasteiger partial charge in [0, 0.05) is 31.9 Å². The van der Waals surface area contributed by atoms with E-state index in [1.54, 1.807) is 11.0 Å². The van der Waals surface area contributed by atoms with E-state index in [2.05, 4.69) is 15.3 Å². The van der Waals surface area contributed by atoms with Crippen LogP contribution in [0.2, 0.25) is 0 Å². The van der Waals surface area contributed by atoms with Gasteiger partial charge < -0.3 is 10.2 Å². The van der Waals surface area contributed by atoms with Crippen molar-refractivity contribution in [1.82, 2.24) is 24.8 Å². The molecule has 2 N–H and O–H groups in total. The highest BCUT2D eigenvalue weighted by atomic mass is 16.2. The summed E-state index contributed by atoms with van der Waals surface area (Å²) in [5, 5.41) is 3.46. The number of aromatic nitrogens is 3. The third-order valence-corrected chi connectivity index (χ3v) is 4.73. The summed E-state index contributed by atoms with van der Waals surface area (Å²) >= 11 is 0. The first-order valence-electron chi connectivity index (χ1n) is 9.11. The zero-order chi connectivity index (χ0) is 18.8. The zero-order valence-corrected chi connectivity index (χ0v) is 15.5. The van der Waals surface area contributed by atoms with Crippen molar-refractivity contribution in [2.75, 3.05) is 26.2 Å². The highest BCUT2D eigenvalue weighted by Crippen LogP contribution is 2.21. The van der Waals surface area contributed by atoms with Crippen molar-refractivity contribution in [3.05, 3.63) is 38.2 Å². The summed E-state index contributed by atoms with van der Waals surface area (Å²) in [6.07, 6.45) is 0.863. The number of hydrogen-bond acceptors (Lipinski definition) is 5. The Bertz CT molecular complexity index is 936. The van der Waals surface area contributed by atoms with Crippen molar-refractivity contribution in [2.24, 2.45) is 0 Å². The first-order valence-corrected chi connectivity index (χ1v) is 9.11. The number of rotatable bonds is 3. The van der Waals surface area contributed by atoms with E-state index in [4.69, 9.17) is 0 Å². The molecule has 0 aliphatic carbocycles. The Morgan fingerprint density at radius 1 is 1.27 bits per heavy atom. The molecule has 26 heavy (non-hydrogen) atoms. The fourth-order valence-electron chi connectivity index (χ4n) is 3.27. The second-order valence-electron chi connectivity index (χ2n) is 6.85. The quantitative estimate of drug-likeness (QED) is 0.839. The predicted octanol–water partition coefficient (Wildman–Crippen LogP) is 0.664. The summed E-state index contributed by atoms with van der Waals surface area (Å²) in [5.41, 5.74) is 0.235. The van der Waals surface area contributed by atoms with E-state index in [1.807, 2.05) is 20.8 Å². The molecule has 0 aromatic carbocycles. The van der Waals surface area contributed by atoms with Crippen molar-refractivity contribution in [2.45, 2.75) is 39.7 Å². The number of nitrogens with one attached hydrogen (secondary N) is 2. The fraction of sp³-hybridized carbons (Fsp3) is 0.556. The van der Waals surface area contributed by atoms with Gasteiger partial charge in [0.1, 0.15) is 0 Å². The summed E-state index contributed by atoms with van der Waals surface area (Å²) in [7, 11) is 0. The Morgan fingerprint density at radius 2 is 2.04 bits per heavy atom. The largest absolute Gasteiger partial charge is 0.337 e. The fourth-order valence-corrected chi connectivity index (χ4v) is 3.27. The number of H-pyrrole nitrogens is 1. The number of carbonyl (C=O) groups excluding carboxylic acids is 1. The van der Waals surface area contributed by atoms with Gasteiger partial charge >= 0.3 is 5.69 Å². The van der Waals surface area contributed by atoms with Crippen LogP contribution >= 0.6 is 0 Å². The minimum absolute atomic E-state index is 0.0662. The normalized spacial score (nSPS) is 15.5. The predicted molar refractivity (Wildman–Crippen MR) is 99.8 cm³/mol. The van der Waals surface area contributed by atoms with Crippen molar-refractivity contribution in [3.8, 4) is 0 Å². The Balaban J connectivity index is 2.27. The number of aromatic amines is 1. The second kappa shape index (κ2) is 7.41. The molecule has 0 unspecified atom stereocenters. The Hall–Kier alpha value is -2.48. The van der Waals surface area contributed by atoms with Crippen molar-refractivity contribution in [1.29, 1.82) is 0 Å². The number of hydrogen-bond donors (Lipinski definition) is 2. The summed E-state index contributed by atoms with van der Waals surface area (Å²) in [5.74, 6) is -0.119. The molecule has 3 heterocycles. The average Bonchev–Trinajstić information content (AvgIpc) is 2.89. The number of nitrogens with zero attached hydrogens (tertiary/aromatic N) is 3. The van der Waals surface area contributed by atoms with Gasteiger partial charge in [-0.15, -0.1) is 0 Å². The Kier molecular flexibility index (Phi) is 5.22. The van der Waals surface area contributed by atoms with E-state index in [1.165, 1.54) is 4.57 Å². The lowest BCUT2D eigenvalue weighted by Crippen LogP contribution is -2.36. The molecule has 0 radical (unpaired) electrons. The maximum Gasteiger partial charge on any atom is 0.329 e. The molecule has 2 aromatic heterocycles. The molecule has 140 valence electrons. The van der Waals surface area contributed by atoms with Crippen LogP contribution in [0.5, 0.6) is 0 Å². The molecule has 3 rings (SSSR count). The van der Waals surface area contributed by atoms with Crippen LogP contribution in [0, 0.1) is 0 Å². The number of fused-ring (bicyclic) bond motifs is 1. The van der Waals surface area contributed by atoms with Gasteiger partial charge in [-0.3, -0.25) is 19.1 Å². The molecule has 0 saturated carbocycles. The molecule has 1 amide bonds. The second-order valence-corrected chi connectivity index (χ2v) is 6.85. The third kappa shape index (κ3) is 3.29. The number of pyridine rings is 1. The van der Waals surface area contributed by atoms with E-state index in [0.717, 1.165) is 19.5 Å².